The first-order valence-corrected chi connectivity index (χ1v) is 4.84. The van der Waals surface area contributed by atoms with Crippen molar-refractivity contribution in [3.05, 3.63) is 11.3 Å². The van der Waals surface area contributed by atoms with Crippen LogP contribution < -0.4 is 5.73 Å². The van der Waals surface area contributed by atoms with Crippen LogP contribution in [0.5, 0.6) is 0 Å². The third kappa shape index (κ3) is 2.47. The van der Waals surface area contributed by atoms with Crippen LogP contribution >= 0.6 is 0 Å². The highest BCUT2D eigenvalue weighted by atomic mass is 16.3. The van der Waals surface area contributed by atoms with Crippen LogP contribution in [-0.2, 0) is 4.79 Å². The molecule has 0 heterocycles. The molecule has 1 aliphatic rings. The number of primary amides is 1. The Kier molecular flexibility index (Phi) is 3.34. The average molecular weight is 183 g/mol. The van der Waals surface area contributed by atoms with Gasteiger partial charge in [-0.25, -0.2) is 0 Å². The predicted molar refractivity (Wildman–Crippen MR) is 51.1 cm³/mol. The molecule has 0 saturated carbocycles. The normalized spacial score (nSPS) is 23.3. The van der Waals surface area contributed by atoms with E-state index in [4.69, 9.17) is 5.73 Å². The van der Waals surface area contributed by atoms with Crippen molar-refractivity contribution in [1.82, 2.24) is 0 Å². The maximum Gasteiger partial charge on any atom is 0.220 e. The van der Waals surface area contributed by atoms with Gasteiger partial charge in [0, 0.05) is 12.3 Å². The summed E-state index contributed by atoms with van der Waals surface area (Å²) in [5.74, 6) is 0.193. The monoisotopic (exact) mass is 183 g/mol. The Morgan fingerprint density at radius 1 is 1.69 bits per heavy atom. The maximum absolute atomic E-state index is 10.9. The lowest BCUT2D eigenvalue weighted by molar-refractivity contribution is -0.122. The van der Waals surface area contributed by atoms with Crippen LogP contribution in [0.1, 0.15) is 39.0 Å². The summed E-state index contributed by atoms with van der Waals surface area (Å²) in [6, 6.07) is 0. The molecule has 1 rings (SSSR count). The molecule has 74 valence electrons. The average Bonchev–Trinajstić information content (AvgIpc) is 2.08. The molecule has 3 nitrogen and oxygen atoms in total. The van der Waals surface area contributed by atoms with E-state index in [0.717, 1.165) is 18.4 Å². The zero-order valence-corrected chi connectivity index (χ0v) is 8.05. The van der Waals surface area contributed by atoms with Crippen molar-refractivity contribution in [2.45, 2.75) is 39.0 Å². The standard InChI is InChI=1S/C10H17NO2/c1-2-3-7-6-8(10(11)13)4-5-9(7)12/h8,12H,2-6H2,1H3,(H2,11,13). The van der Waals surface area contributed by atoms with Crippen molar-refractivity contribution in [3.8, 4) is 0 Å². The van der Waals surface area contributed by atoms with E-state index in [1.807, 2.05) is 0 Å². The van der Waals surface area contributed by atoms with Gasteiger partial charge in [-0.3, -0.25) is 4.79 Å². The fourth-order valence-corrected chi connectivity index (χ4v) is 1.80. The number of carbonyl (C=O) groups excluding carboxylic acids is 1. The van der Waals surface area contributed by atoms with E-state index in [1.54, 1.807) is 0 Å². The highest BCUT2D eigenvalue weighted by Gasteiger charge is 2.23. The third-order valence-corrected chi connectivity index (χ3v) is 2.58. The molecule has 3 heteroatoms. The molecule has 13 heavy (non-hydrogen) atoms. The summed E-state index contributed by atoms with van der Waals surface area (Å²) in [5, 5.41) is 9.53. The highest BCUT2D eigenvalue weighted by Crippen LogP contribution is 2.30. The third-order valence-electron chi connectivity index (χ3n) is 2.58. The quantitative estimate of drug-likeness (QED) is 0.701. The number of hydrogen-bond acceptors (Lipinski definition) is 2. The minimum absolute atomic E-state index is 0.0579. The summed E-state index contributed by atoms with van der Waals surface area (Å²) < 4.78 is 0. The van der Waals surface area contributed by atoms with Crippen molar-refractivity contribution < 1.29 is 9.90 Å². The molecule has 0 saturated heterocycles. The van der Waals surface area contributed by atoms with Gasteiger partial charge >= 0.3 is 0 Å². The zero-order chi connectivity index (χ0) is 9.84. The van der Waals surface area contributed by atoms with E-state index in [2.05, 4.69) is 6.92 Å². The predicted octanol–water partition coefficient (Wildman–Crippen LogP) is 1.88. The van der Waals surface area contributed by atoms with Crippen LogP contribution in [0.3, 0.4) is 0 Å². The molecule has 1 amide bonds. The highest BCUT2D eigenvalue weighted by molar-refractivity contribution is 5.77. The Morgan fingerprint density at radius 2 is 2.38 bits per heavy atom. The van der Waals surface area contributed by atoms with Crippen LogP contribution in [-0.4, -0.2) is 11.0 Å². The van der Waals surface area contributed by atoms with E-state index < -0.39 is 0 Å². The molecule has 0 aromatic rings. The minimum atomic E-state index is -0.235. The second-order valence-electron chi connectivity index (χ2n) is 3.64. The summed E-state index contributed by atoms with van der Waals surface area (Å²) in [6.45, 7) is 2.06. The first-order valence-electron chi connectivity index (χ1n) is 4.84. The summed E-state index contributed by atoms with van der Waals surface area (Å²) >= 11 is 0. The van der Waals surface area contributed by atoms with Crippen molar-refractivity contribution in [2.24, 2.45) is 11.7 Å². The number of aliphatic hydroxyl groups excluding tert-OH is 1. The fourth-order valence-electron chi connectivity index (χ4n) is 1.80. The molecular formula is C10H17NO2. The van der Waals surface area contributed by atoms with E-state index >= 15 is 0 Å². The van der Waals surface area contributed by atoms with Gasteiger partial charge in [0.25, 0.3) is 0 Å². The van der Waals surface area contributed by atoms with Crippen molar-refractivity contribution >= 4 is 5.91 Å². The van der Waals surface area contributed by atoms with Crippen LogP contribution in [0.2, 0.25) is 0 Å². The van der Waals surface area contributed by atoms with E-state index in [-0.39, 0.29) is 11.8 Å². The summed E-state index contributed by atoms with van der Waals surface area (Å²) in [4.78, 5) is 10.9. The van der Waals surface area contributed by atoms with Crippen LogP contribution in [0.25, 0.3) is 0 Å². The number of carbonyl (C=O) groups is 1. The van der Waals surface area contributed by atoms with Gasteiger partial charge in [0.2, 0.25) is 5.91 Å². The zero-order valence-electron chi connectivity index (χ0n) is 8.05. The molecule has 1 aliphatic carbocycles. The summed E-state index contributed by atoms with van der Waals surface area (Å²) in [5.41, 5.74) is 6.25. The maximum atomic E-state index is 10.9. The first-order chi connectivity index (χ1) is 6.15. The van der Waals surface area contributed by atoms with Gasteiger partial charge in [-0.2, -0.15) is 0 Å². The largest absolute Gasteiger partial charge is 0.512 e. The number of nitrogens with two attached hydrogens (primary N) is 1. The lowest BCUT2D eigenvalue weighted by Gasteiger charge is -2.22. The summed E-state index contributed by atoms with van der Waals surface area (Å²) in [7, 11) is 0. The van der Waals surface area contributed by atoms with E-state index in [0.29, 0.717) is 25.0 Å². The van der Waals surface area contributed by atoms with Crippen molar-refractivity contribution in [2.75, 3.05) is 0 Å². The van der Waals surface area contributed by atoms with E-state index in [9.17, 15) is 9.90 Å². The molecule has 0 aromatic heterocycles. The summed E-state index contributed by atoms with van der Waals surface area (Å²) in [6.07, 6.45) is 3.87. The Hall–Kier alpha value is -0.990. The first kappa shape index (κ1) is 10.1. The molecule has 1 atom stereocenters. The smallest absolute Gasteiger partial charge is 0.220 e. The lowest BCUT2D eigenvalue weighted by Crippen LogP contribution is -2.26. The molecule has 0 spiro atoms. The topological polar surface area (TPSA) is 63.3 Å². The molecule has 1 unspecified atom stereocenters. The second kappa shape index (κ2) is 4.30. The van der Waals surface area contributed by atoms with Gasteiger partial charge in [-0.05, 0) is 24.8 Å². The molecule has 0 fully saturated rings. The molecule has 0 aromatic carbocycles. The second-order valence-corrected chi connectivity index (χ2v) is 3.64. The minimum Gasteiger partial charge on any atom is -0.512 e. The molecule has 0 aliphatic heterocycles. The SMILES string of the molecule is CCCC1=C(O)CCC(C(N)=O)C1. The van der Waals surface area contributed by atoms with Gasteiger partial charge in [0.05, 0.1) is 5.76 Å². The van der Waals surface area contributed by atoms with Crippen LogP contribution in [0.15, 0.2) is 11.3 Å². The van der Waals surface area contributed by atoms with Gasteiger partial charge in [-0.15, -0.1) is 0 Å². The van der Waals surface area contributed by atoms with Crippen molar-refractivity contribution in [1.29, 1.82) is 0 Å². The Balaban J connectivity index is 2.64. The number of allylic oxidation sites excluding steroid dienone is 2. The van der Waals surface area contributed by atoms with Crippen LogP contribution in [0, 0.1) is 5.92 Å². The number of amides is 1. The number of rotatable bonds is 3. The fraction of sp³-hybridized carbons (Fsp3) is 0.700. The Labute approximate surface area is 78.6 Å². The van der Waals surface area contributed by atoms with Gasteiger partial charge in [0.1, 0.15) is 0 Å². The molecule has 0 bridgehead atoms. The van der Waals surface area contributed by atoms with E-state index in [1.165, 1.54) is 0 Å². The van der Waals surface area contributed by atoms with Gasteiger partial charge in [0.15, 0.2) is 0 Å². The van der Waals surface area contributed by atoms with Gasteiger partial charge < -0.3 is 10.8 Å². The lowest BCUT2D eigenvalue weighted by atomic mass is 9.85. The molecule has 3 N–H and O–H groups in total. The Bertz CT molecular complexity index is 233. The number of hydrogen-bond donors (Lipinski definition) is 2. The van der Waals surface area contributed by atoms with Gasteiger partial charge in [-0.1, -0.05) is 13.3 Å². The van der Waals surface area contributed by atoms with Crippen molar-refractivity contribution in [3.63, 3.8) is 0 Å². The Morgan fingerprint density at radius 3 is 2.92 bits per heavy atom. The molecular weight excluding hydrogens is 166 g/mol. The molecule has 0 radical (unpaired) electrons. The number of aliphatic hydroxyl groups is 1. The van der Waals surface area contributed by atoms with Crippen LogP contribution in [0.4, 0.5) is 0 Å².